The van der Waals surface area contributed by atoms with E-state index in [-0.39, 0.29) is 19.0 Å². The maximum atomic E-state index is 12.3. The normalized spacial score (nSPS) is 10.5. The highest BCUT2D eigenvalue weighted by molar-refractivity contribution is 5.92. The summed E-state index contributed by atoms with van der Waals surface area (Å²) in [6, 6.07) is 16.6. The van der Waals surface area contributed by atoms with Gasteiger partial charge in [0.2, 0.25) is 11.8 Å². The molecule has 2 aromatic carbocycles. The molecule has 26 heavy (non-hydrogen) atoms. The number of anilines is 1. The van der Waals surface area contributed by atoms with E-state index in [0.717, 1.165) is 18.6 Å². The summed E-state index contributed by atoms with van der Waals surface area (Å²) in [5.41, 5.74) is 5.89. The van der Waals surface area contributed by atoms with Crippen molar-refractivity contribution in [3.63, 3.8) is 0 Å². The average molecular weight is 355 g/mol. The van der Waals surface area contributed by atoms with Crippen LogP contribution in [0.4, 0.5) is 5.69 Å². The Kier molecular flexibility index (Phi) is 7.64. The third-order valence-corrected chi connectivity index (χ3v) is 3.67. The van der Waals surface area contributed by atoms with E-state index in [1.54, 1.807) is 17.0 Å². The van der Waals surface area contributed by atoms with Gasteiger partial charge >= 0.3 is 0 Å². The molecule has 2 rings (SSSR count). The van der Waals surface area contributed by atoms with Gasteiger partial charge in [0.15, 0.2) is 0 Å². The molecule has 0 aromatic heterocycles. The molecule has 0 saturated heterocycles. The van der Waals surface area contributed by atoms with Gasteiger partial charge in [-0.25, -0.2) is 0 Å². The van der Waals surface area contributed by atoms with Crippen LogP contribution in [0, 0.1) is 0 Å². The monoisotopic (exact) mass is 355 g/mol. The van der Waals surface area contributed by atoms with Gasteiger partial charge in [0, 0.05) is 11.8 Å². The Morgan fingerprint density at radius 1 is 1.04 bits per heavy atom. The van der Waals surface area contributed by atoms with E-state index < -0.39 is 5.91 Å². The molecule has 0 heterocycles. The Balaban J connectivity index is 1.95. The van der Waals surface area contributed by atoms with Gasteiger partial charge in [-0.05, 0) is 37.2 Å². The van der Waals surface area contributed by atoms with Gasteiger partial charge in [-0.15, -0.1) is 0 Å². The van der Waals surface area contributed by atoms with E-state index in [4.69, 9.17) is 10.5 Å². The number of para-hydroxylation sites is 1. The largest absolute Gasteiger partial charge is 0.457 e. The predicted octanol–water partition coefficient (Wildman–Crippen LogP) is 3.00. The molecule has 0 bridgehead atoms. The second-order valence-corrected chi connectivity index (χ2v) is 6.02. The zero-order valence-electron chi connectivity index (χ0n) is 15.0. The SMILES string of the molecule is CCCCN(CC(N)=O)CC(=O)Nc1cccc(Oc2ccccc2)c1. The molecule has 0 atom stereocenters. The molecular formula is C20H25N3O3. The highest BCUT2D eigenvalue weighted by Gasteiger charge is 2.13. The Bertz CT molecular complexity index is 719. The molecule has 0 saturated carbocycles. The minimum Gasteiger partial charge on any atom is -0.457 e. The van der Waals surface area contributed by atoms with Crippen LogP contribution in [0.2, 0.25) is 0 Å². The molecule has 0 aliphatic rings. The van der Waals surface area contributed by atoms with Gasteiger partial charge in [0.25, 0.3) is 0 Å². The highest BCUT2D eigenvalue weighted by Crippen LogP contribution is 2.23. The number of nitrogens with zero attached hydrogens (tertiary/aromatic N) is 1. The quantitative estimate of drug-likeness (QED) is 0.686. The molecule has 0 fully saturated rings. The predicted molar refractivity (Wildman–Crippen MR) is 102 cm³/mol. The van der Waals surface area contributed by atoms with Crippen molar-refractivity contribution in [3.05, 3.63) is 54.6 Å². The van der Waals surface area contributed by atoms with Crippen molar-refractivity contribution in [2.75, 3.05) is 25.0 Å². The summed E-state index contributed by atoms with van der Waals surface area (Å²) in [6.07, 6.45) is 1.89. The van der Waals surface area contributed by atoms with Gasteiger partial charge in [-0.1, -0.05) is 37.6 Å². The Hall–Kier alpha value is -2.86. The molecule has 2 aromatic rings. The summed E-state index contributed by atoms with van der Waals surface area (Å²) in [4.78, 5) is 25.2. The van der Waals surface area contributed by atoms with Crippen LogP contribution in [0.1, 0.15) is 19.8 Å². The van der Waals surface area contributed by atoms with Gasteiger partial charge < -0.3 is 15.8 Å². The number of hydrogen-bond donors (Lipinski definition) is 2. The Morgan fingerprint density at radius 3 is 2.46 bits per heavy atom. The molecule has 0 aliphatic heterocycles. The van der Waals surface area contributed by atoms with Crippen LogP contribution in [0.5, 0.6) is 11.5 Å². The summed E-state index contributed by atoms with van der Waals surface area (Å²) in [7, 11) is 0. The first-order valence-corrected chi connectivity index (χ1v) is 8.70. The maximum Gasteiger partial charge on any atom is 0.238 e. The summed E-state index contributed by atoms with van der Waals surface area (Å²) in [6.45, 7) is 2.90. The fourth-order valence-corrected chi connectivity index (χ4v) is 2.48. The minimum atomic E-state index is -0.438. The fraction of sp³-hybridized carbons (Fsp3) is 0.300. The Labute approximate surface area is 153 Å². The number of carbonyl (C=O) groups excluding carboxylic acids is 2. The van der Waals surface area contributed by atoms with Crippen molar-refractivity contribution in [2.45, 2.75) is 19.8 Å². The van der Waals surface area contributed by atoms with E-state index in [1.807, 2.05) is 42.5 Å². The van der Waals surface area contributed by atoms with E-state index in [0.29, 0.717) is 18.0 Å². The number of amides is 2. The highest BCUT2D eigenvalue weighted by atomic mass is 16.5. The zero-order valence-corrected chi connectivity index (χ0v) is 15.0. The molecule has 0 aliphatic carbocycles. The third-order valence-electron chi connectivity index (χ3n) is 3.67. The van der Waals surface area contributed by atoms with Crippen LogP contribution in [-0.4, -0.2) is 36.3 Å². The number of nitrogens with one attached hydrogen (secondary N) is 1. The van der Waals surface area contributed by atoms with E-state index in [1.165, 1.54) is 0 Å². The molecule has 3 N–H and O–H groups in total. The zero-order chi connectivity index (χ0) is 18.8. The van der Waals surface area contributed by atoms with Crippen molar-refractivity contribution in [2.24, 2.45) is 5.73 Å². The van der Waals surface area contributed by atoms with Gasteiger partial charge in [-0.2, -0.15) is 0 Å². The molecule has 0 spiro atoms. The molecule has 6 nitrogen and oxygen atoms in total. The van der Waals surface area contributed by atoms with Crippen LogP contribution in [0.3, 0.4) is 0 Å². The van der Waals surface area contributed by atoms with E-state index in [9.17, 15) is 9.59 Å². The number of carbonyl (C=O) groups is 2. The number of rotatable bonds is 10. The van der Waals surface area contributed by atoms with Crippen molar-refractivity contribution in [1.29, 1.82) is 0 Å². The first-order valence-electron chi connectivity index (χ1n) is 8.70. The number of hydrogen-bond acceptors (Lipinski definition) is 4. The van der Waals surface area contributed by atoms with Crippen molar-refractivity contribution >= 4 is 17.5 Å². The lowest BCUT2D eigenvalue weighted by Crippen LogP contribution is -2.39. The van der Waals surface area contributed by atoms with Gasteiger partial charge in [-0.3, -0.25) is 14.5 Å². The summed E-state index contributed by atoms with van der Waals surface area (Å²) >= 11 is 0. The average Bonchev–Trinajstić information content (AvgIpc) is 2.60. The van der Waals surface area contributed by atoms with Crippen molar-refractivity contribution in [1.82, 2.24) is 4.90 Å². The van der Waals surface area contributed by atoms with Crippen LogP contribution >= 0.6 is 0 Å². The third kappa shape index (κ3) is 6.94. The minimum absolute atomic E-state index is 0.0740. The number of nitrogens with two attached hydrogens (primary N) is 1. The lowest BCUT2D eigenvalue weighted by Gasteiger charge is -2.19. The number of primary amides is 1. The second-order valence-electron chi connectivity index (χ2n) is 6.02. The topological polar surface area (TPSA) is 84.7 Å². The van der Waals surface area contributed by atoms with Crippen LogP contribution in [0.15, 0.2) is 54.6 Å². The molecular weight excluding hydrogens is 330 g/mol. The molecule has 6 heteroatoms. The molecule has 0 radical (unpaired) electrons. The molecule has 0 unspecified atom stereocenters. The van der Waals surface area contributed by atoms with E-state index in [2.05, 4.69) is 12.2 Å². The maximum absolute atomic E-state index is 12.3. The summed E-state index contributed by atoms with van der Waals surface area (Å²) < 4.78 is 5.76. The van der Waals surface area contributed by atoms with Gasteiger partial charge in [0.05, 0.1) is 13.1 Å². The second kappa shape index (κ2) is 10.2. The smallest absolute Gasteiger partial charge is 0.238 e. The van der Waals surface area contributed by atoms with Crippen LogP contribution in [0.25, 0.3) is 0 Å². The van der Waals surface area contributed by atoms with Crippen LogP contribution < -0.4 is 15.8 Å². The summed E-state index contributed by atoms with van der Waals surface area (Å²) in [5, 5.41) is 2.84. The first-order chi connectivity index (χ1) is 12.6. The number of benzene rings is 2. The van der Waals surface area contributed by atoms with Crippen LogP contribution in [-0.2, 0) is 9.59 Å². The van der Waals surface area contributed by atoms with Gasteiger partial charge in [0.1, 0.15) is 11.5 Å². The Morgan fingerprint density at radius 2 is 1.77 bits per heavy atom. The lowest BCUT2D eigenvalue weighted by molar-refractivity contribution is -0.121. The van der Waals surface area contributed by atoms with Crippen molar-refractivity contribution in [3.8, 4) is 11.5 Å². The standard InChI is InChI=1S/C20H25N3O3/c1-2-3-12-23(14-19(21)24)15-20(25)22-16-8-7-11-18(13-16)26-17-9-5-4-6-10-17/h4-11,13H,2-3,12,14-15H2,1H3,(H2,21,24)(H,22,25). The molecule has 2 amide bonds. The van der Waals surface area contributed by atoms with E-state index >= 15 is 0 Å². The first kappa shape index (κ1) is 19.5. The number of unbranched alkanes of at least 4 members (excludes halogenated alkanes) is 1. The summed E-state index contributed by atoms with van der Waals surface area (Å²) in [5.74, 6) is 0.725. The number of ether oxygens (including phenoxy) is 1. The lowest BCUT2D eigenvalue weighted by atomic mass is 10.2. The van der Waals surface area contributed by atoms with Crippen molar-refractivity contribution < 1.29 is 14.3 Å². The fourth-order valence-electron chi connectivity index (χ4n) is 2.48. The molecule has 138 valence electrons.